The zero-order valence-electron chi connectivity index (χ0n) is 27.2. The van der Waals surface area contributed by atoms with Gasteiger partial charge < -0.3 is 19.4 Å². The number of benzene rings is 4. The summed E-state index contributed by atoms with van der Waals surface area (Å²) in [6.45, 7) is 10.9. The number of amides is 1. The second-order valence-corrected chi connectivity index (χ2v) is 12.4. The minimum Gasteiger partial charge on any atom is -0.493 e. The molecular formula is C40H42N2O4. The van der Waals surface area contributed by atoms with Crippen molar-refractivity contribution in [2.24, 2.45) is 5.41 Å². The van der Waals surface area contributed by atoms with Crippen molar-refractivity contribution in [2.75, 3.05) is 31.1 Å². The molecule has 1 heterocycles. The van der Waals surface area contributed by atoms with Crippen molar-refractivity contribution >= 4 is 28.3 Å². The lowest BCUT2D eigenvalue weighted by molar-refractivity contribution is 0.0936. The van der Waals surface area contributed by atoms with Gasteiger partial charge in [0.25, 0.3) is 5.91 Å². The molecule has 6 rings (SSSR count). The molecular weight excluding hydrogens is 572 g/mol. The summed E-state index contributed by atoms with van der Waals surface area (Å²) in [5, 5.41) is 3.96. The predicted molar refractivity (Wildman–Crippen MR) is 186 cm³/mol. The van der Waals surface area contributed by atoms with Crippen LogP contribution in [-0.2, 0) is 0 Å². The highest BCUT2D eigenvalue weighted by atomic mass is 16.5. The summed E-state index contributed by atoms with van der Waals surface area (Å²) in [4.78, 5) is 29.2. The third kappa shape index (κ3) is 6.43. The van der Waals surface area contributed by atoms with Gasteiger partial charge in [-0.3, -0.25) is 9.59 Å². The van der Waals surface area contributed by atoms with Crippen molar-refractivity contribution in [1.82, 2.24) is 5.32 Å². The fourth-order valence-electron chi connectivity index (χ4n) is 6.05. The van der Waals surface area contributed by atoms with Gasteiger partial charge in [0.1, 0.15) is 17.1 Å². The zero-order valence-corrected chi connectivity index (χ0v) is 27.2. The van der Waals surface area contributed by atoms with Gasteiger partial charge in [0.15, 0.2) is 5.78 Å². The standard InChI is InChI=1S/C40H42N2O4/c1-5-35(43)37-33-23-32(34(42(6-2)7-3)24-36(33)46-38(37)28-18-16-27(4)17-19-28)29-12-11-13-30(22-29)39(44)41-25-40(20-21-40)26-45-31-14-9-8-10-15-31/h8-19,22-24H,5-7,20-21,25-26H2,1-4H3,(H,41,44). The number of nitrogens with zero attached hydrogens (tertiary/aromatic N) is 1. The van der Waals surface area contributed by atoms with Gasteiger partial charge in [0.05, 0.1) is 12.2 Å². The van der Waals surface area contributed by atoms with Gasteiger partial charge in [-0.15, -0.1) is 0 Å². The molecule has 1 amide bonds. The third-order valence-corrected chi connectivity index (χ3v) is 9.13. The number of nitrogens with one attached hydrogen (secondary N) is 1. The molecule has 0 unspecified atom stereocenters. The highest BCUT2D eigenvalue weighted by Gasteiger charge is 2.43. The number of fused-ring (bicyclic) bond motifs is 1. The van der Waals surface area contributed by atoms with Crippen LogP contribution in [0.1, 0.15) is 66.3 Å². The van der Waals surface area contributed by atoms with Crippen LogP contribution in [0.4, 0.5) is 5.69 Å². The Kier molecular flexibility index (Phi) is 8.98. The number of rotatable bonds is 13. The average molecular weight is 615 g/mol. The Balaban J connectivity index is 1.33. The highest BCUT2D eigenvalue weighted by Crippen LogP contribution is 2.45. The van der Waals surface area contributed by atoms with Crippen LogP contribution in [0.25, 0.3) is 33.4 Å². The first-order chi connectivity index (χ1) is 22.3. The van der Waals surface area contributed by atoms with E-state index in [2.05, 4.69) is 36.2 Å². The molecule has 0 aliphatic heterocycles. The molecule has 5 aromatic rings. The minimum absolute atomic E-state index is 0.0251. The lowest BCUT2D eigenvalue weighted by Gasteiger charge is -2.24. The number of aryl methyl sites for hydroxylation is 1. The maximum Gasteiger partial charge on any atom is 0.251 e. The number of furan rings is 1. The predicted octanol–water partition coefficient (Wildman–Crippen LogP) is 9.10. The fraction of sp³-hybridized carbons (Fsp3) is 0.300. The molecule has 6 heteroatoms. The van der Waals surface area contributed by atoms with Crippen molar-refractivity contribution in [2.45, 2.75) is 47.0 Å². The largest absolute Gasteiger partial charge is 0.493 e. The minimum atomic E-state index is -0.106. The molecule has 1 fully saturated rings. The van der Waals surface area contributed by atoms with Gasteiger partial charge in [-0.25, -0.2) is 0 Å². The van der Waals surface area contributed by atoms with Crippen LogP contribution in [0.3, 0.4) is 0 Å². The summed E-state index contributed by atoms with van der Waals surface area (Å²) in [6, 6.07) is 29.8. The van der Waals surface area contributed by atoms with Crippen LogP contribution in [0.2, 0.25) is 0 Å². The lowest BCUT2D eigenvalue weighted by atomic mass is 9.95. The van der Waals surface area contributed by atoms with E-state index < -0.39 is 0 Å². The highest BCUT2D eigenvalue weighted by molar-refractivity contribution is 6.13. The Morgan fingerprint density at radius 2 is 1.61 bits per heavy atom. The van der Waals surface area contributed by atoms with Crippen molar-refractivity contribution in [3.63, 3.8) is 0 Å². The number of ketones is 1. The lowest BCUT2D eigenvalue weighted by Crippen LogP contribution is -2.33. The molecule has 6 nitrogen and oxygen atoms in total. The fourth-order valence-corrected chi connectivity index (χ4v) is 6.05. The van der Waals surface area contributed by atoms with Crippen LogP contribution in [0, 0.1) is 12.3 Å². The maximum atomic E-state index is 13.5. The molecule has 0 saturated heterocycles. The van der Waals surface area contributed by atoms with Crippen LogP contribution >= 0.6 is 0 Å². The van der Waals surface area contributed by atoms with E-state index in [4.69, 9.17) is 9.15 Å². The number of Topliss-reactive ketones (excluding diaryl/α,β-unsaturated/α-hetero) is 1. The molecule has 0 spiro atoms. The molecule has 0 bridgehead atoms. The first-order valence-electron chi connectivity index (χ1n) is 16.4. The SMILES string of the molecule is CCC(=O)c1c(-c2ccc(C)cc2)oc2cc(N(CC)CC)c(-c3cccc(C(=O)NCC4(COc5ccccc5)CC4)c3)cc12. The molecule has 1 aliphatic rings. The van der Waals surface area contributed by atoms with E-state index >= 15 is 0 Å². The summed E-state index contributed by atoms with van der Waals surface area (Å²) in [5.41, 5.74) is 6.76. The van der Waals surface area contributed by atoms with E-state index in [1.807, 2.05) is 92.7 Å². The summed E-state index contributed by atoms with van der Waals surface area (Å²) >= 11 is 0. The van der Waals surface area contributed by atoms with Crippen molar-refractivity contribution in [3.05, 3.63) is 108 Å². The van der Waals surface area contributed by atoms with Gasteiger partial charge >= 0.3 is 0 Å². The van der Waals surface area contributed by atoms with Crippen LogP contribution in [0.15, 0.2) is 95.4 Å². The van der Waals surface area contributed by atoms with Crippen molar-refractivity contribution in [1.29, 1.82) is 0 Å². The van der Waals surface area contributed by atoms with E-state index in [-0.39, 0.29) is 17.1 Å². The molecule has 236 valence electrons. The third-order valence-electron chi connectivity index (χ3n) is 9.13. The normalized spacial score (nSPS) is 13.4. The van der Waals surface area contributed by atoms with E-state index in [1.54, 1.807) is 0 Å². The maximum absolute atomic E-state index is 13.5. The molecule has 4 aromatic carbocycles. The summed E-state index contributed by atoms with van der Waals surface area (Å²) in [7, 11) is 0. The van der Waals surface area contributed by atoms with E-state index in [0.717, 1.165) is 65.0 Å². The second kappa shape index (κ2) is 13.3. The topological polar surface area (TPSA) is 71.8 Å². The smallest absolute Gasteiger partial charge is 0.251 e. The van der Waals surface area contributed by atoms with E-state index in [9.17, 15) is 9.59 Å². The van der Waals surface area contributed by atoms with Gasteiger partial charge in [-0.2, -0.15) is 0 Å². The first kappa shape index (κ1) is 31.2. The number of hydrogen-bond acceptors (Lipinski definition) is 5. The molecule has 1 aromatic heterocycles. The van der Waals surface area contributed by atoms with Gasteiger partial charge in [0.2, 0.25) is 0 Å². The summed E-state index contributed by atoms with van der Waals surface area (Å²) in [5.74, 6) is 1.38. The molecule has 1 saturated carbocycles. The van der Waals surface area contributed by atoms with E-state index in [0.29, 0.717) is 42.0 Å². The summed E-state index contributed by atoms with van der Waals surface area (Å²) in [6.07, 6.45) is 2.43. The molecule has 46 heavy (non-hydrogen) atoms. The van der Waals surface area contributed by atoms with Crippen LogP contribution in [-0.4, -0.2) is 37.9 Å². The monoisotopic (exact) mass is 614 g/mol. The zero-order chi connectivity index (χ0) is 32.3. The van der Waals surface area contributed by atoms with Crippen LogP contribution in [0.5, 0.6) is 5.75 Å². The Morgan fingerprint density at radius 3 is 2.28 bits per heavy atom. The van der Waals surface area contributed by atoms with Gasteiger partial charge in [-0.1, -0.05) is 67.1 Å². The Labute approximate surface area is 271 Å². The molecule has 0 atom stereocenters. The average Bonchev–Trinajstić information content (AvgIpc) is 3.78. The number of carbonyl (C=O) groups excluding carboxylic acids is 2. The van der Waals surface area contributed by atoms with Crippen molar-refractivity contribution in [3.8, 4) is 28.2 Å². The number of hydrogen-bond donors (Lipinski definition) is 1. The molecule has 0 radical (unpaired) electrons. The Morgan fingerprint density at radius 1 is 0.870 bits per heavy atom. The Bertz CT molecular complexity index is 1850. The molecule has 1 aliphatic carbocycles. The number of carbonyl (C=O) groups is 2. The number of anilines is 1. The second-order valence-electron chi connectivity index (χ2n) is 12.4. The molecule has 1 N–H and O–H groups in total. The first-order valence-corrected chi connectivity index (χ1v) is 16.4. The summed E-state index contributed by atoms with van der Waals surface area (Å²) < 4.78 is 12.5. The number of para-hydroxylation sites is 1. The van der Waals surface area contributed by atoms with Crippen molar-refractivity contribution < 1.29 is 18.7 Å². The van der Waals surface area contributed by atoms with Crippen LogP contribution < -0.4 is 15.0 Å². The number of ether oxygens (including phenoxy) is 1. The van der Waals surface area contributed by atoms with Gasteiger partial charge in [0, 0.05) is 65.3 Å². The Hall–Kier alpha value is -4.84. The quantitative estimate of drug-likeness (QED) is 0.134. The van der Waals surface area contributed by atoms with E-state index in [1.165, 1.54) is 0 Å². The van der Waals surface area contributed by atoms with Gasteiger partial charge in [-0.05, 0) is 69.5 Å².